The van der Waals surface area contributed by atoms with Gasteiger partial charge in [-0.05, 0) is 42.0 Å². The fourth-order valence-electron chi connectivity index (χ4n) is 2.77. The molecule has 3 aromatic rings. The van der Waals surface area contributed by atoms with Gasteiger partial charge in [0.15, 0.2) is 5.78 Å². The van der Waals surface area contributed by atoms with Crippen molar-refractivity contribution in [3.05, 3.63) is 95.6 Å². The molecular weight excluding hydrogens is 368 g/mol. The average molecular weight is 391 g/mol. The third-order valence-corrected chi connectivity index (χ3v) is 5.31. The first-order chi connectivity index (χ1) is 13.7. The van der Waals surface area contributed by atoms with Crippen LogP contribution in [0, 0.1) is 0 Å². The van der Waals surface area contributed by atoms with Gasteiger partial charge in [0.2, 0.25) is 0 Å². The summed E-state index contributed by atoms with van der Waals surface area (Å²) in [5, 5.41) is 0. The Morgan fingerprint density at radius 1 is 0.893 bits per heavy atom. The Morgan fingerprint density at radius 2 is 1.61 bits per heavy atom. The highest BCUT2D eigenvalue weighted by Crippen LogP contribution is 2.29. The molecule has 0 saturated carbocycles. The van der Waals surface area contributed by atoms with Gasteiger partial charge in [-0.15, -0.1) is 11.8 Å². The van der Waals surface area contributed by atoms with Crippen molar-refractivity contribution in [2.75, 3.05) is 14.2 Å². The maximum atomic E-state index is 12.5. The Morgan fingerprint density at radius 3 is 2.36 bits per heavy atom. The Hall–Kier alpha value is -2.98. The lowest BCUT2D eigenvalue weighted by Crippen LogP contribution is -1.98. The number of methoxy groups -OCH3 is 2. The summed E-state index contributed by atoms with van der Waals surface area (Å²) in [6.45, 7) is 0. The molecule has 0 radical (unpaired) electrons. The van der Waals surface area contributed by atoms with Crippen LogP contribution < -0.4 is 9.47 Å². The van der Waals surface area contributed by atoms with Crippen molar-refractivity contribution >= 4 is 23.6 Å². The predicted octanol–water partition coefficient (Wildman–Crippen LogP) is 5.89. The molecule has 28 heavy (non-hydrogen) atoms. The molecule has 0 saturated heterocycles. The SMILES string of the molecule is COc1cc(/C=C/C(=O)c2ccccc2OC)ccc1CSc1ccccc1. The highest BCUT2D eigenvalue weighted by Gasteiger charge is 2.09. The van der Waals surface area contributed by atoms with E-state index in [9.17, 15) is 4.79 Å². The van der Waals surface area contributed by atoms with E-state index in [0.29, 0.717) is 11.3 Å². The lowest BCUT2D eigenvalue weighted by molar-refractivity contribution is 0.104. The zero-order valence-corrected chi connectivity index (χ0v) is 16.7. The molecule has 3 rings (SSSR count). The van der Waals surface area contributed by atoms with Gasteiger partial charge < -0.3 is 9.47 Å². The van der Waals surface area contributed by atoms with Crippen LogP contribution in [0.1, 0.15) is 21.5 Å². The van der Waals surface area contributed by atoms with Crippen LogP contribution in [-0.4, -0.2) is 20.0 Å². The molecule has 0 fully saturated rings. The first kappa shape index (κ1) is 19.8. The van der Waals surface area contributed by atoms with Gasteiger partial charge in [0.25, 0.3) is 0 Å². The van der Waals surface area contributed by atoms with E-state index in [1.165, 1.54) is 4.90 Å². The largest absolute Gasteiger partial charge is 0.496 e. The van der Waals surface area contributed by atoms with Crippen LogP contribution in [0.25, 0.3) is 6.08 Å². The van der Waals surface area contributed by atoms with Crippen LogP contribution in [0.3, 0.4) is 0 Å². The van der Waals surface area contributed by atoms with Gasteiger partial charge in [-0.25, -0.2) is 0 Å². The highest BCUT2D eigenvalue weighted by atomic mass is 32.2. The number of hydrogen-bond donors (Lipinski definition) is 0. The normalized spacial score (nSPS) is 10.8. The number of allylic oxidation sites excluding steroid dienone is 1. The van der Waals surface area contributed by atoms with Crippen molar-refractivity contribution < 1.29 is 14.3 Å². The van der Waals surface area contributed by atoms with Crippen LogP contribution >= 0.6 is 11.8 Å². The first-order valence-electron chi connectivity index (χ1n) is 8.91. The molecule has 142 valence electrons. The van der Waals surface area contributed by atoms with Gasteiger partial charge in [-0.2, -0.15) is 0 Å². The van der Waals surface area contributed by atoms with E-state index in [1.807, 2.05) is 48.5 Å². The molecule has 0 amide bonds. The molecular formula is C24H22O3S. The third kappa shape index (κ3) is 5.05. The number of benzene rings is 3. The first-order valence-corrected chi connectivity index (χ1v) is 9.90. The minimum Gasteiger partial charge on any atom is -0.496 e. The van der Waals surface area contributed by atoms with E-state index in [4.69, 9.17) is 9.47 Å². The van der Waals surface area contributed by atoms with Gasteiger partial charge in [-0.3, -0.25) is 4.79 Å². The van der Waals surface area contributed by atoms with Crippen molar-refractivity contribution in [2.24, 2.45) is 0 Å². The molecule has 0 heterocycles. The molecule has 0 bridgehead atoms. The van der Waals surface area contributed by atoms with Crippen molar-refractivity contribution in [3.63, 3.8) is 0 Å². The number of ketones is 1. The maximum Gasteiger partial charge on any atom is 0.189 e. The number of thioether (sulfide) groups is 1. The molecule has 0 unspecified atom stereocenters. The van der Waals surface area contributed by atoms with E-state index in [-0.39, 0.29) is 5.78 Å². The van der Waals surface area contributed by atoms with Gasteiger partial charge in [0.05, 0.1) is 19.8 Å². The Bertz CT molecular complexity index is 965. The molecule has 0 aliphatic rings. The second kappa shape index (κ2) is 9.81. The minimum atomic E-state index is -0.0971. The van der Waals surface area contributed by atoms with Crippen molar-refractivity contribution in [1.82, 2.24) is 0 Å². The van der Waals surface area contributed by atoms with Gasteiger partial charge in [0.1, 0.15) is 11.5 Å². The van der Waals surface area contributed by atoms with E-state index >= 15 is 0 Å². The number of para-hydroxylation sites is 1. The van der Waals surface area contributed by atoms with Gasteiger partial charge >= 0.3 is 0 Å². The molecule has 3 nitrogen and oxygen atoms in total. The molecule has 3 aromatic carbocycles. The summed E-state index contributed by atoms with van der Waals surface area (Å²) in [5.74, 6) is 2.11. The summed E-state index contributed by atoms with van der Waals surface area (Å²) < 4.78 is 10.8. The van der Waals surface area contributed by atoms with E-state index < -0.39 is 0 Å². The van der Waals surface area contributed by atoms with Crippen LogP contribution in [0.5, 0.6) is 11.5 Å². The maximum absolute atomic E-state index is 12.5. The Balaban J connectivity index is 1.72. The smallest absolute Gasteiger partial charge is 0.189 e. The fourth-order valence-corrected chi connectivity index (χ4v) is 3.68. The number of ether oxygens (including phenoxy) is 2. The second-order valence-electron chi connectivity index (χ2n) is 6.07. The van der Waals surface area contributed by atoms with Crippen LogP contribution in [0.15, 0.2) is 83.8 Å². The topological polar surface area (TPSA) is 35.5 Å². The zero-order chi connectivity index (χ0) is 19.8. The molecule has 4 heteroatoms. The van der Waals surface area contributed by atoms with Crippen molar-refractivity contribution in [1.29, 1.82) is 0 Å². The Labute approximate surface area is 170 Å². The van der Waals surface area contributed by atoms with Gasteiger partial charge in [0, 0.05) is 16.2 Å². The lowest BCUT2D eigenvalue weighted by Gasteiger charge is -2.09. The summed E-state index contributed by atoms with van der Waals surface area (Å²) in [5.41, 5.74) is 2.57. The van der Waals surface area contributed by atoms with E-state index in [0.717, 1.165) is 22.6 Å². The molecule has 0 aromatic heterocycles. The van der Waals surface area contributed by atoms with Crippen LogP contribution in [0.4, 0.5) is 0 Å². The molecule has 0 atom stereocenters. The van der Waals surface area contributed by atoms with E-state index in [2.05, 4.69) is 12.1 Å². The van der Waals surface area contributed by atoms with E-state index in [1.54, 1.807) is 50.3 Å². The lowest BCUT2D eigenvalue weighted by atomic mass is 10.1. The zero-order valence-electron chi connectivity index (χ0n) is 15.9. The fraction of sp³-hybridized carbons (Fsp3) is 0.125. The number of carbonyl (C=O) groups excluding carboxylic acids is 1. The van der Waals surface area contributed by atoms with Gasteiger partial charge in [-0.1, -0.05) is 48.5 Å². The summed E-state index contributed by atoms with van der Waals surface area (Å²) in [6.07, 6.45) is 3.36. The highest BCUT2D eigenvalue weighted by molar-refractivity contribution is 7.98. The third-order valence-electron chi connectivity index (χ3n) is 4.25. The quantitative estimate of drug-likeness (QED) is 0.273. The molecule has 0 aliphatic heterocycles. The minimum absolute atomic E-state index is 0.0971. The monoisotopic (exact) mass is 390 g/mol. The standard InChI is InChI=1S/C24H22O3S/c1-26-23-11-7-6-10-21(23)22(25)15-13-18-12-14-19(24(16-18)27-2)17-28-20-8-4-3-5-9-20/h3-16H,17H2,1-2H3/b15-13+. The second-order valence-corrected chi connectivity index (χ2v) is 7.12. The van der Waals surface area contributed by atoms with Crippen LogP contribution in [-0.2, 0) is 5.75 Å². The summed E-state index contributed by atoms with van der Waals surface area (Å²) >= 11 is 1.76. The Kier molecular flexibility index (Phi) is 6.93. The predicted molar refractivity (Wildman–Crippen MR) is 115 cm³/mol. The number of carbonyl (C=O) groups is 1. The molecule has 0 aliphatic carbocycles. The summed E-state index contributed by atoms with van der Waals surface area (Å²) in [4.78, 5) is 13.7. The molecule has 0 N–H and O–H groups in total. The average Bonchev–Trinajstić information content (AvgIpc) is 2.76. The summed E-state index contributed by atoms with van der Waals surface area (Å²) in [7, 11) is 3.23. The van der Waals surface area contributed by atoms with Crippen LogP contribution in [0.2, 0.25) is 0 Å². The van der Waals surface area contributed by atoms with Crippen molar-refractivity contribution in [2.45, 2.75) is 10.6 Å². The molecule has 0 spiro atoms. The number of hydrogen-bond acceptors (Lipinski definition) is 4. The van der Waals surface area contributed by atoms with Crippen molar-refractivity contribution in [3.8, 4) is 11.5 Å². The summed E-state index contributed by atoms with van der Waals surface area (Å²) in [6, 6.07) is 23.5. The number of rotatable bonds is 8.